The molecule has 0 radical (unpaired) electrons. The Morgan fingerprint density at radius 2 is 2.24 bits per heavy atom. The van der Waals surface area contributed by atoms with Gasteiger partial charge in [0.05, 0.1) is 16.4 Å². The first-order valence-corrected chi connectivity index (χ1v) is 7.31. The summed E-state index contributed by atoms with van der Waals surface area (Å²) in [5, 5.41) is 3.47. The molecule has 0 saturated carbocycles. The Balaban J connectivity index is 2.08. The summed E-state index contributed by atoms with van der Waals surface area (Å²) in [4.78, 5) is 4.43. The van der Waals surface area contributed by atoms with Crippen LogP contribution in [0.3, 0.4) is 0 Å². The van der Waals surface area contributed by atoms with Crippen molar-refractivity contribution in [2.45, 2.75) is 26.8 Å². The van der Waals surface area contributed by atoms with Gasteiger partial charge in [0.1, 0.15) is 5.82 Å². The van der Waals surface area contributed by atoms with E-state index >= 15 is 0 Å². The lowest BCUT2D eigenvalue weighted by Gasteiger charge is -2.11. The summed E-state index contributed by atoms with van der Waals surface area (Å²) in [7, 11) is 0. The number of hydrogen-bond donors (Lipinski definition) is 1. The van der Waals surface area contributed by atoms with Gasteiger partial charge in [-0.15, -0.1) is 0 Å². The summed E-state index contributed by atoms with van der Waals surface area (Å²) in [6.45, 7) is 6.13. The molecule has 1 N–H and O–H groups in total. The number of aryl methyl sites for hydroxylation is 2. The first-order chi connectivity index (χ1) is 10.1. The predicted molar refractivity (Wildman–Crippen MR) is 82.8 cm³/mol. The van der Waals surface area contributed by atoms with Gasteiger partial charge in [-0.1, -0.05) is 11.6 Å². The van der Waals surface area contributed by atoms with E-state index in [-0.39, 0.29) is 5.82 Å². The van der Waals surface area contributed by atoms with Crippen molar-refractivity contribution < 1.29 is 9.13 Å². The highest BCUT2D eigenvalue weighted by Gasteiger charge is 2.08. The smallest absolute Gasteiger partial charge is 0.207 e. The molecule has 4 nitrogen and oxygen atoms in total. The molecule has 1 heterocycles. The lowest BCUT2D eigenvalue weighted by Crippen LogP contribution is -2.06. The second-order valence-corrected chi connectivity index (χ2v) is 5.11. The van der Waals surface area contributed by atoms with Crippen LogP contribution in [-0.4, -0.2) is 22.8 Å². The van der Waals surface area contributed by atoms with Gasteiger partial charge in [0.25, 0.3) is 0 Å². The third kappa shape index (κ3) is 4.44. The molecule has 0 saturated heterocycles. The van der Waals surface area contributed by atoms with Crippen LogP contribution in [0.2, 0.25) is 5.02 Å². The average molecular weight is 312 g/mol. The van der Waals surface area contributed by atoms with E-state index in [1.54, 1.807) is 6.07 Å². The summed E-state index contributed by atoms with van der Waals surface area (Å²) in [6, 6.07) is 4.24. The van der Waals surface area contributed by atoms with Gasteiger partial charge >= 0.3 is 0 Å². The molecule has 1 aromatic heterocycles. The van der Waals surface area contributed by atoms with Crippen LogP contribution in [0.15, 0.2) is 24.4 Å². The van der Waals surface area contributed by atoms with E-state index in [1.165, 1.54) is 12.1 Å². The molecule has 2 aromatic rings. The molecule has 0 bridgehead atoms. The largest absolute Gasteiger partial charge is 0.382 e. The zero-order chi connectivity index (χ0) is 15.2. The third-order valence-corrected chi connectivity index (χ3v) is 3.28. The summed E-state index contributed by atoms with van der Waals surface area (Å²) in [6.07, 6.45) is 2.86. The summed E-state index contributed by atoms with van der Waals surface area (Å²) < 4.78 is 20.4. The minimum Gasteiger partial charge on any atom is -0.382 e. The molecule has 114 valence electrons. The van der Waals surface area contributed by atoms with Gasteiger partial charge < -0.3 is 14.6 Å². The predicted octanol–water partition coefficient (Wildman–Crippen LogP) is 4.15. The van der Waals surface area contributed by atoms with Crippen molar-refractivity contribution in [2.75, 3.05) is 18.5 Å². The lowest BCUT2D eigenvalue weighted by molar-refractivity contribution is 0.142. The van der Waals surface area contributed by atoms with Crippen molar-refractivity contribution in [2.24, 2.45) is 0 Å². The minimum atomic E-state index is -0.359. The van der Waals surface area contributed by atoms with Crippen molar-refractivity contribution in [3.05, 3.63) is 40.9 Å². The van der Waals surface area contributed by atoms with Crippen LogP contribution in [0.25, 0.3) is 0 Å². The van der Waals surface area contributed by atoms with Crippen molar-refractivity contribution in [1.29, 1.82) is 0 Å². The Kier molecular flexibility index (Phi) is 5.59. The number of rotatable bonds is 7. The highest BCUT2D eigenvalue weighted by atomic mass is 35.5. The molecule has 0 spiro atoms. The number of nitrogens with zero attached hydrogens (tertiary/aromatic N) is 2. The van der Waals surface area contributed by atoms with Gasteiger partial charge in [-0.3, -0.25) is 0 Å². The molecular formula is C15H19ClFN3O. The summed E-state index contributed by atoms with van der Waals surface area (Å²) >= 11 is 6.02. The second kappa shape index (κ2) is 7.43. The zero-order valence-corrected chi connectivity index (χ0v) is 13.0. The SMILES string of the molecule is CCOCCCn1cc(C)nc1Nc1ccc(F)cc1Cl. The number of benzene rings is 1. The Morgan fingerprint density at radius 1 is 1.43 bits per heavy atom. The average Bonchev–Trinajstić information content (AvgIpc) is 2.78. The maximum Gasteiger partial charge on any atom is 0.207 e. The van der Waals surface area contributed by atoms with Crippen molar-refractivity contribution >= 4 is 23.2 Å². The summed E-state index contributed by atoms with van der Waals surface area (Å²) in [5.41, 5.74) is 1.54. The van der Waals surface area contributed by atoms with Crippen LogP contribution in [-0.2, 0) is 11.3 Å². The Labute approximate surface area is 128 Å². The molecule has 2 rings (SSSR count). The zero-order valence-electron chi connectivity index (χ0n) is 12.2. The number of anilines is 2. The van der Waals surface area contributed by atoms with E-state index < -0.39 is 0 Å². The van der Waals surface area contributed by atoms with Crippen LogP contribution in [0, 0.1) is 12.7 Å². The Hall–Kier alpha value is -1.59. The molecule has 1 aromatic carbocycles. The van der Waals surface area contributed by atoms with Gasteiger partial charge in [-0.2, -0.15) is 0 Å². The number of aromatic nitrogens is 2. The van der Waals surface area contributed by atoms with E-state index in [1.807, 2.05) is 24.6 Å². The molecule has 0 aliphatic heterocycles. The van der Waals surface area contributed by atoms with Gasteiger partial charge in [0.2, 0.25) is 5.95 Å². The van der Waals surface area contributed by atoms with Crippen LogP contribution < -0.4 is 5.32 Å². The molecule has 0 fully saturated rings. The minimum absolute atomic E-state index is 0.330. The third-order valence-electron chi connectivity index (χ3n) is 2.97. The molecule has 0 unspecified atom stereocenters. The molecule has 6 heteroatoms. The van der Waals surface area contributed by atoms with E-state index in [9.17, 15) is 4.39 Å². The van der Waals surface area contributed by atoms with E-state index in [0.29, 0.717) is 23.3 Å². The van der Waals surface area contributed by atoms with E-state index in [0.717, 1.165) is 25.3 Å². The molecule has 0 amide bonds. The highest BCUT2D eigenvalue weighted by Crippen LogP contribution is 2.26. The Bertz CT molecular complexity index is 601. The number of halogens is 2. The van der Waals surface area contributed by atoms with Crippen LogP contribution in [0.1, 0.15) is 19.0 Å². The topological polar surface area (TPSA) is 39.1 Å². The fourth-order valence-electron chi connectivity index (χ4n) is 2.01. The van der Waals surface area contributed by atoms with Crippen molar-refractivity contribution in [3.63, 3.8) is 0 Å². The maximum absolute atomic E-state index is 13.1. The molecule has 0 aliphatic carbocycles. The molecule has 0 aliphatic rings. The first kappa shape index (κ1) is 15.8. The summed E-state index contributed by atoms with van der Waals surface area (Å²) in [5.74, 6) is 0.333. The number of imidazole rings is 1. The lowest BCUT2D eigenvalue weighted by atomic mass is 10.3. The van der Waals surface area contributed by atoms with Crippen molar-refractivity contribution in [3.8, 4) is 0 Å². The molecule has 21 heavy (non-hydrogen) atoms. The standard InChI is InChI=1S/C15H19ClFN3O/c1-3-21-8-4-7-20-10-11(2)18-15(20)19-14-6-5-12(17)9-13(14)16/h5-6,9-10H,3-4,7-8H2,1-2H3,(H,18,19). The number of ether oxygens (including phenoxy) is 1. The van der Waals surface area contributed by atoms with Crippen LogP contribution in [0.4, 0.5) is 16.0 Å². The highest BCUT2D eigenvalue weighted by molar-refractivity contribution is 6.33. The maximum atomic E-state index is 13.1. The van der Waals surface area contributed by atoms with Crippen LogP contribution >= 0.6 is 11.6 Å². The van der Waals surface area contributed by atoms with Gasteiger partial charge in [0, 0.05) is 26.0 Å². The van der Waals surface area contributed by atoms with Gasteiger partial charge in [0.15, 0.2) is 0 Å². The molecule has 0 atom stereocenters. The number of nitrogens with one attached hydrogen (secondary N) is 1. The quantitative estimate of drug-likeness (QED) is 0.781. The first-order valence-electron chi connectivity index (χ1n) is 6.93. The number of hydrogen-bond acceptors (Lipinski definition) is 3. The van der Waals surface area contributed by atoms with E-state index in [2.05, 4.69) is 10.3 Å². The Morgan fingerprint density at radius 3 is 2.95 bits per heavy atom. The van der Waals surface area contributed by atoms with Gasteiger partial charge in [-0.25, -0.2) is 9.37 Å². The monoisotopic (exact) mass is 311 g/mol. The van der Waals surface area contributed by atoms with Crippen molar-refractivity contribution in [1.82, 2.24) is 9.55 Å². The normalized spacial score (nSPS) is 10.9. The fraction of sp³-hybridized carbons (Fsp3) is 0.400. The molecular weight excluding hydrogens is 293 g/mol. The second-order valence-electron chi connectivity index (χ2n) is 4.70. The van der Waals surface area contributed by atoms with E-state index in [4.69, 9.17) is 16.3 Å². The van der Waals surface area contributed by atoms with Gasteiger partial charge in [-0.05, 0) is 38.5 Å². The fourth-order valence-corrected chi connectivity index (χ4v) is 2.22. The van der Waals surface area contributed by atoms with Crippen LogP contribution in [0.5, 0.6) is 0 Å².